The Balaban J connectivity index is 2.60. The molecule has 104 valence electrons. The number of amidine groups is 1. The van der Waals surface area contributed by atoms with Crippen molar-refractivity contribution in [3.63, 3.8) is 0 Å². The molecule has 0 radical (unpaired) electrons. The highest BCUT2D eigenvalue weighted by Crippen LogP contribution is 2.25. The molecule has 0 saturated carbocycles. The molecule has 1 aromatic heterocycles. The van der Waals surface area contributed by atoms with Gasteiger partial charge in [0.05, 0.1) is 18.4 Å². The number of aryl methyl sites for hydroxylation is 1. The quantitative estimate of drug-likeness (QED) is 0.658. The van der Waals surface area contributed by atoms with Gasteiger partial charge < -0.3 is 15.0 Å². The van der Waals surface area contributed by atoms with Crippen LogP contribution in [0.3, 0.4) is 0 Å². The van der Waals surface area contributed by atoms with Crippen molar-refractivity contribution in [2.75, 3.05) is 7.11 Å². The van der Waals surface area contributed by atoms with E-state index in [1.165, 1.54) is 4.57 Å². The fourth-order valence-corrected chi connectivity index (χ4v) is 2.17. The molecule has 0 aliphatic heterocycles. The third-order valence-electron chi connectivity index (χ3n) is 3.29. The standard InChI is InChI=1S/C15H17N3O2/c1-9-8-10(4-7-13(9)20-3)12-6-5-11(14(16)17)15(19)18(12)2/h4-8H,1-3H3,(H3,16,17). The predicted molar refractivity (Wildman–Crippen MR) is 79.4 cm³/mol. The minimum absolute atomic E-state index is 0.210. The van der Waals surface area contributed by atoms with Crippen LogP contribution < -0.4 is 16.0 Å². The molecule has 0 aliphatic rings. The van der Waals surface area contributed by atoms with Crippen LogP contribution in [0, 0.1) is 12.3 Å². The van der Waals surface area contributed by atoms with Gasteiger partial charge in [-0.1, -0.05) is 0 Å². The van der Waals surface area contributed by atoms with Gasteiger partial charge in [0.25, 0.3) is 5.56 Å². The second-order valence-electron chi connectivity index (χ2n) is 4.59. The predicted octanol–water partition coefficient (Wildman–Crippen LogP) is 1.65. The Morgan fingerprint density at radius 2 is 2.00 bits per heavy atom. The fourth-order valence-electron chi connectivity index (χ4n) is 2.17. The van der Waals surface area contributed by atoms with E-state index in [1.807, 2.05) is 25.1 Å². The van der Waals surface area contributed by atoms with E-state index < -0.39 is 0 Å². The summed E-state index contributed by atoms with van der Waals surface area (Å²) in [5.41, 5.74) is 8.00. The number of hydrogen-bond acceptors (Lipinski definition) is 3. The fraction of sp³-hybridized carbons (Fsp3) is 0.200. The summed E-state index contributed by atoms with van der Waals surface area (Å²) in [6.07, 6.45) is 0. The molecule has 5 heteroatoms. The first-order chi connectivity index (χ1) is 9.45. The summed E-state index contributed by atoms with van der Waals surface area (Å²) in [7, 11) is 3.29. The van der Waals surface area contributed by atoms with Crippen LogP contribution in [0.25, 0.3) is 11.3 Å². The number of aromatic nitrogens is 1. The molecule has 0 aliphatic carbocycles. The van der Waals surface area contributed by atoms with E-state index in [0.717, 1.165) is 22.6 Å². The molecule has 0 saturated heterocycles. The first kappa shape index (κ1) is 13.9. The van der Waals surface area contributed by atoms with E-state index in [4.69, 9.17) is 15.9 Å². The number of nitrogens with one attached hydrogen (secondary N) is 1. The van der Waals surface area contributed by atoms with Gasteiger partial charge in [0.15, 0.2) is 0 Å². The highest BCUT2D eigenvalue weighted by atomic mass is 16.5. The lowest BCUT2D eigenvalue weighted by Crippen LogP contribution is -2.28. The minimum Gasteiger partial charge on any atom is -0.496 e. The Kier molecular flexibility index (Phi) is 3.61. The summed E-state index contributed by atoms with van der Waals surface area (Å²) in [4.78, 5) is 12.1. The van der Waals surface area contributed by atoms with E-state index in [0.29, 0.717) is 0 Å². The first-order valence-corrected chi connectivity index (χ1v) is 6.15. The number of nitrogen functional groups attached to an aromatic ring is 1. The maximum Gasteiger partial charge on any atom is 0.261 e. The third kappa shape index (κ3) is 2.30. The summed E-state index contributed by atoms with van der Waals surface area (Å²) in [6, 6.07) is 9.10. The van der Waals surface area contributed by atoms with Crippen LogP contribution in [0.5, 0.6) is 5.75 Å². The van der Waals surface area contributed by atoms with Crippen LogP contribution in [0.15, 0.2) is 35.1 Å². The van der Waals surface area contributed by atoms with Crippen LogP contribution in [-0.2, 0) is 7.05 Å². The molecule has 1 heterocycles. The molecular formula is C15H17N3O2. The smallest absolute Gasteiger partial charge is 0.261 e. The van der Waals surface area contributed by atoms with Crippen LogP contribution in [0.1, 0.15) is 11.1 Å². The maximum absolute atomic E-state index is 12.1. The summed E-state index contributed by atoms with van der Waals surface area (Å²) in [5.74, 6) is 0.585. The van der Waals surface area contributed by atoms with E-state index in [2.05, 4.69) is 0 Å². The van der Waals surface area contributed by atoms with Gasteiger partial charge in [0.1, 0.15) is 11.6 Å². The second kappa shape index (κ2) is 5.21. The monoisotopic (exact) mass is 271 g/mol. The third-order valence-corrected chi connectivity index (χ3v) is 3.29. The van der Waals surface area contributed by atoms with Gasteiger partial charge in [-0.15, -0.1) is 0 Å². The lowest BCUT2D eigenvalue weighted by atomic mass is 10.1. The van der Waals surface area contributed by atoms with Crippen molar-refractivity contribution >= 4 is 5.84 Å². The highest BCUT2D eigenvalue weighted by molar-refractivity contribution is 5.94. The van der Waals surface area contributed by atoms with Crippen molar-refractivity contribution in [1.29, 1.82) is 5.41 Å². The molecular weight excluding hydrogens is 254 g/mol. The zero-order chi connectivity index (χ0) is 14.9. The Hall–Kier alpha value is -2.56. The van der Waals surface area contributed by atoms with Gasteiger partial charge in [0.2, 0.25) is 0 Å². The summed E-state index contributed by atoms with van der Waals surface area (Å²) < 4.78 is 6.73. The average molecular weight is 271 g/mol. The van der Waals surface area contributed by atoms with Crippen molar-refractivity contribution in [2.24, 2.45) is 12.8 Å². The SMILES string of the molecule is COc1ccc(-c2ccc(C(=N)N)c(=O)n2C)cc1C. The molecule has 0 bridgehead atoms. The number of ether oxygens (including phenoxy) is 1. The topological polar surface area (TPSA) is 81.1 Å². The molecule has 5 nitrogen and oxygen atoms in total. The number of hydrogen-bond donors (Lipinski definition) is 2. The molecule has 0 spiro atoms. The van der Waals surface area contributed by atoms with Gasteiger partial charge in [-0.3, -0.25) is 10.2 Å². The lowest BCUT2D eigenvalue weighted by Gasteiger charge is -2.12. The number of nitrogens with two attached hydrogens (primary N) is 1. The molecule has 0 unspecified atom stereocenters. The van der Waals surface area contributed by atoms with Gasteiger partial charge in [-0.2, -0.15) is 0 Å². The van der Waals surface area contributed by atoms with Crippen LogP contribution in [0.4, 0.5) is 0 Å². The lowest BCUT2D eigenvalue weighted by molar-refractivity contribution is 0.412. The number of pyridine rings is 1. The zero-order valence-electron chi connectivity index (χ0n) is 11.7. The number of benzene rings is 1. The van der Waals surface area contributed by atoms with Crippen molar-refractivity contribution in [3.8, 4) is 17.0 Å². The Bertz CT molecular complexity index is 732. The number of rotatable bonds is 3. The summed E-state index contributed by atoms with van der Waals surface area (Å²) in [5, 5.41) is 7.38. The van der Waals surface area contributed by atoms with Crippen molar-refractivity contribution in [2.45, 2.75) is 6.92 Å². The van der Waals surface area contributed by atoms with Crippen LogP contribution in [-0.4, -0.2) is 17.5 Å². The first-order valence-electron chi connectivity index (χ1n) is 6.15. The zero-order valence-corrected chi connectivity index (χ0v) is 11.7. The van der Waals surface area contributed by atoms with Gasteiger partial charge in [-0.05, 0) is 48.4 Å². The van der Waals surface area contributed by atoms with Crippen molar-refractivity contribution < 1.29 is 4.74 Å². The van der Waals surface area contributed by atoms with E-state index >= 15 is 0 Å². The molecule has 3 N–H and O–H groups in total. The molecule has 0 amide bonds. The molecule has 20 heavy (non-hydrogen) atoms. The van der Waals surface area contributed by atoms with Crippen LogP contribution >= 0.6 is 0 Å². The largest absolute Gasteiger partial charge is 0.496 e. The Morgan fingerprint density at radius 3 is 2.55 bits per heavy atom. The second-order valence-corrected chi connectivity index (χ2v) is 4.59. The molecule has 2 rings (SSSR count). The maximum atomic E-state index is 12.1. The van der Waals surface area contributed by atoms with E-state index in [9.17, 15) is 4.79 Å². The van der Waals surface area contributed by atoms with Gasteiger partial charge in [-0.25, -0.2) is 0 Å². The number of nitrogens with zero attached hydrogens (tertiary/aromatic N) is 1. The van der Waals surface area contributed by atoms with E-state index in [-0.39, 0.29) is 17.0 Å². The van der Waals surface area contributed by atoms with E-state index in [1.54, 1.807) is 26.3 Å². The minimum atomic E-state index is -0.275. The van der Waals surface area contributed by atoms with Gasteiger partial charge >= 0.3 is 0 Å². The van der Waals surface area contributed by atoms with Crippen molar-refractivity contribution in [1.82, 2.24) is 4.57 Å². The summed E-state index contributed by atoms with van der Waals surface area (Å²) >= 11 is 0. The average Bonchev–Trinajstić information content (AvgIpc) is 2.41. The molecule has 0 fully saturated rings. The number of methoxy groups -OCH3 is 1. The normalized spacial score (nSPS) is 10.3. The van der Waals surface area contributed by atoms with Crippen LogP contribution in [0.2, 0.25) is 0 Å². The van der Waals surface area contributed by atoms with Crippen molar-refractivity contribution in [3.05, 3.63) is 51.8 Å². The molecule has 0 atom stereocenters. The Labute approximate surface area is 117 Å². The molecule has 1 aromatic carbocycles. The van der Waals surface area contributed by atoms with Gasteiger partial charge in [0, 0.05) is 7.05 Å². The molecule has 2 aromatic rings. The highest BCUT2D eigenvalue weighted by Gasteiger charge is 2.10. The summed E-state index contributed by atoms with van der Waals surface area (Å²) in [6.45, 7) is 1.95. The Morgan fingerprint density at radius 1 is 1.30 bits per heavy atom.